The molecule has 2 aromatic carbocycles. The number of hydrogen-bond acceptors (Lipinski definition) is 4. The zero-order chi connectivity index (χ0) is 19.9. The van der Waals surface area contributed by atoms with E-state index in [2.05, 4.69) is 5.32 Å². The summed E-state index contributed by atoms with van der Waals surface area (Å²) in [6.07, 6.45) is 0.196. The molecule has 1 aliphatic heterocycles. The topological polar surface area (TPSA) is 95.9 Å². The van der Waals surface area contributed by atoms with Crippen LogP contribution in [0.4, 0.5) is 0 Å². The lowest BCUT2D eigenvalue weighted by Gasteiger charge is -2.17. The van der Waals surface area contributed by atoms with Crippen molar-refractivity contribution in [1.29, 1.82) is 0 Å². The maximum Gasteiger partial charge on any atom is 0.335 e. The number of carbonyl (C=O) groups excluding carboxylic acids is 2. The highest BCUT2D eigenvalue weighted by molar-refractivity contribution is 5.92. The molecule has 1 heterocycles. The average Bonchev–Trinajstić information content (AvgIpc) is 3.01. The maximum absolute atomic E-state index is 12.3. The summed E-state index contributed by atoms with van der Waals surface area (Å²) in [5.74, 6) is -0.651. The molecular weight excluding hydrogens is 360 g/mol. The predicted molar refractivity (Wildman–Crippen MR) is 102 cm³/mol. The van der Waals surface area contributed by atoms with Gasteiger partial charge in [0.05, 0.1) is 24.6 Å². The molecule has 1 aliphatic rings. The fourth-order valence-corrected chi connectivity index (χ4v) is 3.21. The van der Waals surface area contributed by atoms with Gasteiger partial charge in [0.25, 0.3) is 0 Å². The van der Waals surface area contributed by atoms with Gasteiger partial charge in [-0.3, -0.25) is 9.59 Å². The summed E-state index contributed by atoms with van der Waals surface area (Å²) in [6, 6.07) is 15.5. The van der Waals surface area contributed by atoms with Gasteiger partial charge in [-0.2, -0.15) is 0 Å². The molecule has 0 radical (unpaired) electrons. The molecule has 7 nitrogen and oxygen atoms in total. The lowest BCUT2D eigenvalue weighted by atomic mass is 10.0. The minimum Gasteiger partial charge on any atom is -0.492 e. The Morgan fingerprint density at radius 2 is 1.82 bits per heavy atom. The van der Waals surface area contributed by atoms with Crippen LogP contribution in [0, 0.1) is 0 Å². The van der Waals surface area contributed by atoms with Crippen LogP contribution in [0.15, 0.2) is 54.6 Å². The van der Waals surface area contributed by atoms with Crippen LogP contribution in [0.25, 0.3) is 0 Å². The normalized spacial score (nSPS) is 16.1. The SMILES string of the molecule is O=C(Cc1ccccc1C(=O)O)NC1CC(=O)N(CCOc2ccccc2)C1. The van der Waals surface area contributed by atoms with Crippen LogP contribution in [0.5, 0.6) is 5.75 Å². The van der Waals surface area contributed by atoms with Crippen LogP contribution in [0.3, 0.4) is 0 Å². The van der Waals surface area contributed by atoms with Crippen LogP contribution >= 0.6 is 0 Å². The van der Waals surface area contributed by atoms with Crippen LogP contribution in [0.1, 0.15) is 22.3 Å². The molecule has 1 fully saturated rings. The first-order valence-corrected chi connectivity index (χ1v) is 9.09. The van der Waals surface area contributed by atoms with E-state index in [0.717, 1.165) is 5.75 Å². The summed E-state index contributed by atoms with van der Waals surface area (Å²) in [5.41, 5.74) is 0.560. The number of ether oxygens (including phenoxy) is 1. The van der Waals surface area contributed by atoms with E-state index < -0.39 is 5.97 Å². The van der Waals surface area contributed by atoms with Crippen molar-refractivity contribution in [3.8, 4) is 5.75 Å². The summed E-state index contributed by atoms with van der Waals surface area (Å²) in [6.45, 7) is 1.24. The highest BCUT2D eigenvalue weighted by Gasteiger charge is 2.30. The largest absolute Gasteiger partial charge is 0.492 e. The molecule has 2 aromatic rings. The minimum absolute atomic E-state index is 0.0344. The number of benzene rings is 2. The molecule has 0 aliphatic carbocycles. The van der Waals surface area contributed by atoms with E-state index in [-0.39, 0.29) is 36.3 Å². The smallest absolute Gasteiger partial charge is 0.335 e. The summed E-state index contributed by atoms with van der Waals surface area (Å²) < 4.78 is 5.61. The maximum atomic E-state index is 12.3. The lowest BCUT2D eigenvalue weighted by molar-refractivity contribution is -0.128. The number of nitrogens with zero attached hydrogens (tertiary/aromatic N) is 1. The van der Waals surface area contributed by atoms with Crippen molar-refractivity contribution in [2.45, 2.75) is 18.9 Å². The fourth-order valence-electron chi connectivity index (χ4n) is 3.21. The Kier molecular flexibility index (Phi) is 6.26. The molecule has 3 rings (SSSR count). The summed E-state index contributed by atoms with van der Waals surface area (Å²) >= 11 is 0. The van der Waals surface area contributed by atoms with Gasteiger partial charge in [0.1, 0.15) is 12.4 Å². The van der Waals surface area contributed by atoms with Crippen molar-refractivity contribution in [1.82, 2.24) is 10.2 Å². The average molecular weight is 382 g/mol. The van der Waals surface area contributed by atoms with Gasteiger partial charge in [-0.1, -0.05) is 36.4 Å². The van der Waals surface area contributed by atoms with Crippen molar-refractivity contribution in [3.05, 3.63) is 65.7 Å². The Bertz CT molecular complexity index is 853. The molecule has 2 N–H and O–H groups in total. The van der Waals surface area contributed by atoms with Gasteiger partial charge in [-0.15, -0.1) is 0 Å². The zero-order valence-electron chi connectivity index (χ0n) is 15.3. The summed E-state index contributed by atoms with van der Waals surface area (Å²) in [4.78, 5) is 37.4. The number of carbonyl (C=O) groups is 3. The van der Waals surface area contributed by atoms with E-state index in [0.29, 0.717) is 25.3 Å². The Labute approximate surface area is 162 Å². The molecule has 1 unspecified atom stereocenters. The highest BCUT2D eigenvalue weighted by atomic mass is 16.5. The number of rotatable bonds is 8. The third kappa shape index (κ3) is 5.09. The van der Waals surface area contributed by atoms with Crippen LogP contribution in [0.2, 0.25) is 0 Å². The molecule has 0 spiro atoms. The molecule has 0 saturated carbocycles. The number of para-hydroxylation sites is 1. The van der Waals surface area contributed by atoms with E-state index in [4.69, 9.17) is 4.74 Å². The van der Waals surface area contributed by atoms with Gasteiger partial charge in [-0.25, -0.2) is 4.79 Å². The van der Waals surface area contributed by atoms with Crippen LogP contribution in [-0.2, 0) is 16.0 Å². The van der Waals surface area contributed by atoms with Crippen LogP contribution < -0.4 is 10.1 Å². The molecule has 0 aromatic heterocycles. The van der Waals surface area contributed by atoms with Crippen LogP contribution in [-0.4, -0.2) is 53.5 Å². The van der Waals surface area contributed by atoms with E-state index in [9.17, 15) is 19.5 Å². The Morgan fingerprint density at radius 3 is 2.57 bits per heavy atom. The Hall–Kier alpha value is -3.35. The second-order valence-corrected chi connectivity index (χ2v) is 6.61. The quantitative estimate of drug-likeness (QED) is 0.725. The van der Waals surface area contributed by atoms with Gasteiger partial charge >= 0.3 is 5.97 Å². The standard InChI is InChI=1S/C21H22N2O5/c24-19(12-15-6-4-5-9-18(15)21(26)27)22-16-13-20(25)23(14-16)10-11-28-17-7-2-1-3-8-17/h1-9,16H,10-14H2,(H,22,24)(H,26,27). The fraction of sp³-hybridized carbons (Fsp3) is 0.286. The molecule has 1 atom stereocenters. The van der Waals surface area contributed by atoms with E-state index in [1.807, 2.05) is 30.3 Å². The number of nitrogens with one attached hydrogen (secondary N) is 1. The Balaban J connectivity index is 1.47. The molecule has 28 heavy (non-hydrogen) atoms. The highest BCUT2D eigenvalue weighted by Crippen LogP contribution is 2.14. The molecule has 146 valence electrons. The molecule has 2 amide bonds. The van der Waals surface area contributed by atoms with E-state index in [1.54, 1.807) is 23.1 Å². The first-order chi connectivity index (χ1) is 13.5. The van der Waals surface area contributed by atoms with Gasteiger partial charge in [-0.05, 0) is 23.8 Å². The Morgan fingerprint density at radius 1 is 1.11 bits per heavy atom. The first-order valence-electron chi connectivity index (χ1n) is 9.09. The van der Waals surface area contributed by atoms with Gasteiger partial charge in [0, 0.05) is 13.0 Å². The lowest BCUT2D eigenvalue weighted by Crippen LogP contribution is -2.38. The van der Waals surface area contributed by atoms with Gasteiger partial charge in [0.15, 0.2) is 0 Å². The molecule has 7 heteroatoms. The second kappa shape index (κ2) is 9.03. The monoisotopic (exact) mass is 382 g/mol. The number of carboxylic acids is 1. The zero-order valence-corrected chi connectivity index (χ0v) is 15.3. The first kappa shape index (κ1) is 19.4. The second-order valence-electron chi connectivity index (χ2n) is 6.61. The van der Waals surface area contributed by atoms with Gasteiger partial charge in [0.2, 0.25) is 11.8 Å². The summed E-state index contributed by atoms with van der Waals surface area (Å²) in [5, 5.41) is 12.0. The van der Waals surface area contributed by atoms with E-state index in [1.165, 1.54) is 6.07 Å². The van der Waals surface area contributed by atoms with Crippen molar-refractivity contribution in [2.24, 2.45) is 0 Å². The van der Waals surface area contributed by atoms with E-state index >= 15 is 0 Å². The number of hydrogen-bond donors (Lipinski definition) is 2. The minimum atomic E-state index is -1.07. The molecule has 1 saturated heterocycles. The van der Waals surface area contributed by atoms with Gasteiger partial charge < -0.3 is 20.1 Å². The summed E-state index contributed by atoms with van der Waals surface area (Å²) in [7, 11) is 0. The predicted octanol–water partition coefficient (Wildman–Crippen LogP) is 1.72. The van der Waals surface area contributed by atoms with Crippen molar-refractivity contribution in [2.75, 3.05) is 19.7 Å². The van der Waals surface area contributed by atoms with Crippen molar-refractivity contribution < 1.29 is 24.2 Å². The number of carboxylic acid groups (broad SMARTS) is 1. The third-order valence-electron chi connectivity index (χ3n) is 4.55. The molecular formula is C21H22N2O5. The number of aromatic carboxylic acids is 1. The number of amides is 2. The van der Waals surface area contributed by atoms with Crippen molar-refractivity contribution in [3.63, 3.8) is 0 Å². The van der Waals surface area contributed by atoms with Crippen molar-refractivity contribution >= 4 is 17.8 Å². The molecule has 0 bridgehead atoms. The third-order valence-corrected chi connectivity index (χ3v) is 4.55. The number of likely N-dealkylation sites (tertiary alicyclic amines) is 1.